The maximum Gasteiger partial charge on any atom is 0.186 e. The van der Waals surface area contributed by atoms with E-state index >= 15 is 0 Å². The summed E-state index contributed by atoms with van der Waals surface area (Å²) in [4.78, 5) is 4.52. The quantitative estimate of drug-likeness (QED) is 0.276. The number of fused-ring (bicyclic) bond motifs is 1. The molecule has 1 saturated carbocycles. The van der Waals surface area contributed by atoms with Gasteiger partial charge in [0.25, 0.3) is 0 Å². The van der Waals surface area contributed by atoms with Crippen molar-refractivity contribution in [2.45, 2.75) is 32.2 Å². The lowest BCUT2D eigenvalue weighted by Gasteiger charge is -2.16. The molecule has 33 heavy (non-hydrogen) atoms. The average molecular weight is 487 g/mol. The summed E-state index contributed by atoms with van der Waals surface area (Å²) in [5, 5.41) is 1.14. The molecule has 0 amide bonds. The van der Waals surface area contributed by atoms with Crippen LogP contribution in [0.1, 0.15) is 31.2 Å². The van der Waals surface area contributed by atoms with E-state index in [1.54, 1.807) is 24.3 Å². The van der Waals surface area contributed by atoms with Gasteiger partial charge in [0.2, 0.25) is 0 Å². The fraction of sp³-hybridized carbons (Fsp3) is 0.269. The van der Waals surface area contributed by atoms with Crippen LogP contribution < -0.4 is 4.74 Å². The van der Waals surface area contributed by atoms with Crippen LogP contribution in [0, 0.1) is 17.6 Å². The van der Waals surface area contributed by atoms with Crippen molar-refractivity contribution in [1.29, 1.82) is 0 Å². The van der Waals surface area contributed by atoms with Crippen LogP contribution in [-0.4, -0.2) is 16.2 Å². The van der Waals surface area contributed by atoms with Crippen molar-refractivity contribution < 1.29 is 13.5 Å². The molecule has 1 aliphatic carbocycles. The van der Waals surface area contributed by atoms with Gasteiger partial charge < -0.3 is 9.30 Å². The third-order valence-corrected chi connectivity index (χ3v) is 6.65. The van der Waals surface area contributed by atoms with Crippen LogP contribution >= 0.6 is 23.2 Å². The molecule has 0 saturated heterocycles. The molecule has 1 fully saturated rings. The van der Waals surface area contributed by atoms with E-state index < -0.39 is 11.6 Å². The van der Waals surface area contributed by atoms with Gasteiger partial charge in [0.15, 0.2) is 11.6 Å². The maximum atomic E-state index is 14.7. The van der Waals surface area contributed by atoms with Crippen molar-refractivity contribution in [2.24, 2.45) is 5.92 Å². The fourth-order valence-electron chi connectivity index (χ4n) is 4.50. The van der Waals surface area contributed by atoms with Gasteiger partial charge in [-0.25, -0.2) is 13.8 Å². The van der Waals surface area contributed by atoms with Crippen LogP contribution in [0.5, 0.6) is 5.75 Å². The molecule has 170 valence electrons. The van der Waals surface area contributed by atoms with E-state index in [1.165, 1.54) is 12.8 Å². The normalized spacial score (nSPS) is 14.3. The number of nitrogens with zero attached hydrogens (tertiary/aromatic N) is 2. The van der Waals surface area contributed by atoms with Gasteiger partial charge in [0.1, 0.15) is 17.1 Å². The van der Waals surface area contributed by atoms with E-state index in [1.807, 2.05) is 28.8 Å². The summed E-state index contributed by atoms with van der Waals surface area (Å²) in [6, 6.07) is 15.4. The first-order chi connectivity index (χ1) is 16.0. The first-order valence-electron chi connectivity index (χ1n) is 11.0. The monoisotopic (exact) mass is 486 g/mol. The van der Waals surface area contributed by atoms with Crippen LogP contribution in [0.2, 0.25) is 10.0 Å². The summed E-state index contributed by atoms with van der Waals surface area (Å²) in [5.41, 5.74) is 2.05. The molecule has 0 spiro atoms. The molecule has 0 atom stereocenters. The van der Waals surface area contributed by atoms with Gasteiger partial charge in [-0.1, -0.05) is 48.2 Å². The van der Waals surface area contributed by atoms with Crippen LogP contribution in [0.25, 0.3) is 22.4 Å². The van der Waals surface area contributed by atoms with Crippen molar-refractivity contribution in [3.8, 4) is 17.1 Å². The number of halogens is 4. The van der Waals surface area contributed by atoms with E-state index in [9.17, 15) is 8.78 Å². The van der Waals surface area contributed by atoms with Gasteiger partial charge in [-0.15, -0.1) is 0 Å². The molecule has 0 bridgehead atoms. The van der Waals surface area contributed by atoms with Gasteiger partial charge in [0, 0.05) is 16.6 Å². The highest BCUT2D eigenvalue weighted by molar-refractivity contribution is 6.31. The predicted octanol–water partition coefficient (Wildman–Crippen LogP) is 7.91. The fourth-order valence-corrected chi connectivity index (χ4v) is 4.88. The summed E-state index contributed by atoms with van der Waals surface area (Å²) < 4.78 is 36.8. The largest absolute Gasteiger partial charge is 0.492 e. The Labute approximate surface area is 200 Å². The van der Waals surface area contributed by atoms with Gasteiger partial charge in [-0.3, -0.25) is 0 Å². The number of rotatable bonds is 6. The second kappa shape index (κ2) is 9.32. The highest BCUT2D eigenvalue weighted by Gasteiger charge is 2.22. The molecule has 0 N–H and O–H groups in total. The highest BCUT2D eigenvalue weighted by atomic mass is 35.5. The Morgan fingerprint density at radius 3 is 2.55 bits per heavy atom. The molecule has 7 heteroatoms. The number of aromatic nitrogens is 2. The molecule has 0 unspecified atom stereocenters. The van der Waals surface area contributed by atoms with Crippen LogP contribution in [0.15, 0.2) is 54.6 Å². The molecular weight excluding hydrogens is 465 g/mol. The molecule has 3 nitrogen and oxygen atoms in total. The van der Waals surface area contributed by atoms with Gasteiger partial charge in [0.05, 0.1) is 17.7 Å². The van der Waals surface area contributed by atoms with Crippen molar-refractivity contribution in [3.63, 3.8) is 0 Å². The Balaban J connectivity index is 1.63. The summed E-state index contributed by atoms with van der Waals surface area (Å²) >= 11 is 12.5. The first-order valence-corrected chi connectivity index (χ1v) is 11.8. The van der Waals surface area contributed by atoms with Crippen LogP contribution in [-0.2, 0) is 6.54 Å². The Bertz CT molecular complexity index is 1320. The van der Waals surface area contributed by atoms with E-state index in [0.29, 0.717) is 51.8 Å². The van der Waals surface area contributed by atoms with Gasteiger partial charge in [-0.05, 0) is 66.8 Å². The zero-order valence-electron chi connectivity index (χ0n) is 17.8. The van der Waals surface area contributed by atoms with Crippen molar-refractivity contribution in [1.82, 2.24) is 9.55 Å². The van der Waals surface area contributed by atoms with E-state index in [-0.39, 0.29) is 5.52 Å². The second-order valence-corrected chi connectivity index (χ2v) is 9.36. The highest BCUT2D eigenvalue weighted by Crippen LogP contribution is 2.36. The topological polar surface area (TPSA) is 27.1 Å². The first kappa shape index (κ1) is 22.2. The standard InChI is InChI=1S/C26H22Cl2F2N2O/c27-18-7-3-6-17(12-18)14-32-22-11-10-21(29)24(30)25(22)31-26(32)20-9-8-19(28)13-23(20)33-15-16-4-1-2-5-16/h3,6-13,16H,1-2,4-5,14-15H2. The molecule has 3 aromatic carbocycles. The van der Waals surface area contributed by atoms with E-state index in [2.05, 4.69) is 4.98 Å². The van der Waals surface area contributed by atoms with Gasteiger partial charge in [-0.2, -0.15) is 0 Å². The minimum Gasteiger partial charge on any atom is -0.492 e. The van der Waals surface area contributed by atoms with Gasteiger partial charge >= 0.3 is 0 Å². The Morgan fingerprint density at radius 1 is 0.970 bits per heavy atom. The summed E-state index contributed by atoms with van der Waals surface area (Å²) in [6.45, 7) is 0.965. The Hall–Kier alpha value is -2.63. The van der Waals surface area contributed by atoms with Crippen LogP contribution in [0.4, 0.5) is 8.78 Å². The SMILES string of the molecule is Fc1ccc2c(nc(-c3ccc(Cl)cc3OCC3CCCC3)n2Cc2cccc(Cl)c2)c1F. The summed E-state index contributed by atoms with van der Waals surface area (Å²) in [5.74, 6) is -0.338. The molecule has 0 radical (unpaired) electrons. The molecule has 5 rings (SSSR count). The average Bonchev–Trinajstić information content (AvgIpc) is 3.44. The minimum atomic E-state index is -0.971. The summed E-state index contributed by atoms with van der Waals surface area (Å²) in [6.07, 6.45) is 4.73. The lowest BCUT2D eigenvalue weighted by atomic mass is 10.1. The third kappa shape index (κ3) is 4.57. The van der Waals surface area contributed by atoms with E-state index in [0.717, 1.165) is 24.5 Å². The maximum absolute atomic E-state index is 14.7. The smallest absolute Gasteiger partial charge is 0.186 e. The van der Waals surface area contributed by atoms with Crippen molar-refractivity contribution >= 4 is 34.2 Å². The number of imidazole rings is 1. The lowest BCUT2D eigenvalue weighted by molar-refractivity contribution is 0.253. The third-order valence-electron chi connectivity index (χ3n) is 6.18. The lowest BCUT2D eigenvalue weighted by Crippen LogP contribution is -2.09. The molecule has 0 aliphatic heterocycles. The number of benzene rings is 3. The second-order valence-electron chi connectivity index (χ2n) is 8.48. The Kier molecular flexibility index (Phi) is 6.26. The number of ether oxygens (including phenoxy) is 1. The van der Waals surface area contributed by atoms with Crippen molar-refractivity contribution in [2.75, 3.05) is 6.61 Å². The molecule has 4 aromatic rings. The minimum absolute atomic E-state index is 0.0243. The summed E-state index contributed by atoms with van der Waals surface area (Å²) in [7, 11) is 0. The molecule has 1 aromatic heterocycles. The van der Waals surface area contributed by atoms with Crippen molar-refractivity contribution in [3.05, 3.63) is 81.8 Å². The zero-order chi connectivity index (χ0) is 22.9. The zero-order valence-corrected chi connectivity index (χ0v) is 19.3. The number of hydrogen-bond acceptors (Lipinski definition) is 2. The molecule has 1 heterocycles. The molecular formula is C26H22Cl2F2N2O. The Morgan fingerprint density at radius 2 is 1.76 bits per heavy atom. The number of hydrogen-bond donors (Lipinski definition) is 0. The predicted molar refractivity (Wildman–Crippen MR) is 128 cm³/mol. The molecule has 1 aliphatic rings. The van der Waals surface area contributed by atoms with E-state index in [4.69, 9.17) is 27.9 Å². The van der Waals surface area contributed by atoms with Crippen LogP contribution in [0.3, 0.4) is 0 Å².